The lowest BCUT2D eigenvalue weighted by molar-refractivity contribution is -0.118. The molecule has 1 amide bonds. The molecule has 1 unspecified atom stereocenters. The summed E-state index contributed by atoms with van der Waals surface area (Å²) >= 11 is 0. The van der Waals surface area contributed by atoms with E-state index in [2.05, 4.69) is 29.5 Å². The van der Waals surface area contributed by atoms with Crippen molar-refractivity contribution in [3.8, 4) is 11.5 Å². The average Bonchev–Trinajstić information content (AvgIpc) is 2.90. The number of nitrogens with one attached hydrogen (secondary N) is 2. The van der Waals surface area contributed by atoms with Crippen LogP contribution in [0.2, 0.25) is 0 Å². The van der Waals surface area contributed by atoms with Crippen LogP contribution in [0.4, 0.5) is 5.82 Å². The van der Waals surface area contributed by atoms with Gasteiger partial charge in [-0.3, -0.25) is 9.59 Å². The summed E-state index contributed by atoms with van der Waals surface area (Å²) in [6.45, 7) is 8.34. The van der Waals surface area contributed by atoms with Gasteiger partial charge in [0.25, 0.3) is 5.91 Å². The number of nitrogens with zero attached hydrogens (tertiary/aromatic N) is 1. The fraction of sp³-hybridized carbons (Fsp3) is 0.303. The molecule has 2 heterocycles. The number of hydrogen-bond acceptors (Lipinski definition) is 6. The smallest absolute Gasteiger partial charge is 0.255 e. The first-order chi connectivity index (χ1) is 19.1. The average molecular weight is 538 g/mol. The van der Waals surface area contributed by atoms with E-state index in [1.165, 1.54) is 0 Å². The Kier molecular flexibility index (Phi) is 7.48. The monoisotopic (exact) mass is 537 g/mol. The van der Waals surface area contributed by atoms with E-state index >= 15 is 0 Å². The van der Waals surface area contributed by atoms with Gasteiger partial charge >= 0.3 is 0 Å². The third-order valence-electron chi connectivity index (χ3n) is 7.37. The molecule has 2 aliphatic rings. The van der Waals surface area contributed by atoms with E-state index in [1.54, 1.807) is 13.2 Å². The van der Waals surface area contributed by atoms with E-state index in [-0.39, 0.29) is 17.1 Å². The van der Waals surface area contributed by atoms with Crippen LogP contribution in [0.1, 0.15) is 56.4 Å². The molecule has 0 fully saturated rings. The van der Waals surface area contributed by atoms with Gasteiger partial charge in [0.05, 0.1) is 7.11 Å². The van der Waals surface area contributed by atoms with Gasteiger partial charge < -0.3 is 20.1 Å². The largest absolute Gasteiger partial charge is 0.493 e. The Morgan fingerprint density at radius 3 is 2.52 bits per heavy atom. The minimum atomic E-state index is -0.568. The Labute approximate surface area is 235 Å². The summed E-state index contributed by atoms with van der Waals surface area (Å²) in [6, 6.07) is 21.0. The second kappa shape index (κ2) is 11.0. The number of benzene rings is 2. The molecular weight excluding hydrogens is 502 g/mol. The Bertz CT molecular complexity index is 1520. The molecule has 1 aromatic heterocycles. The third-order valence-corrected chi connectivity index (χ3v) is 7.37. The number of ketones is 1. The van der Waals surface area contributed by atoms with Gasteiger partial charge in [0.15, 0.2) is 17.3 Å². The molecule has 206 valence electrons. The van der Waals surface area contributed by atoms with Crippen molar-refractivity contribution in [2.24, 2.45) is 5.41 Å². The van der Waals surface area contributed by atoms with Gasteiger partial charge in [-0.05, 0) is 61.1 Å². The standard InChI is InChI=1S/C33H35N3O4/c1-20-10-9-13-28(34-20)36-32(38)29-21(2)35-24-17-33(3,4)18-25(37)31(24)30(29)23-14-15-26(27(16-23)39-5)40-19-22-11-7-6-8-12-22/h6-16,30,35H,17-19H2,1-5H3,(H,34,36,38). The van der Waals surface area contributed by atoms with Crippen LogP contribution in [0.25, 0.3) is 0 Å². The Morgan fingerprint density at radius 1 is 1.02 bits per heavy atom. The fourth-order valence-corrected chi connectivity index (χ4v) is 5.59. The highest BCUT2D eigenvalue weighted by Gasteiger charge is 2.43. The number of dihydropyridines is 1. The Morgan fingerprint density at radius 2 is 1.80 bits per heavy atom. The maximum Gasteiger partial charge on any atom is 0.255 e. The summed E-state index contributed by atoms with van der Waals surface area (Å²) in [5.41, 5.74) is 5.15. The van der Waals surface area contributed by atoms with Crippen molar-refractivity contribution in [3.05, 3.63) is 106 Å². The second-order valence-electron chi connectivity index (χ2n) is 11.2. The van der Waals surface area contributed by atoms with Crippen LogP contribution in [0.3, 0.4) is 0 Å². The lowest BCUT2D eigenvalue weighted by Crippen LogP contribution is -2.39. The number of aromatic nitrogens is 1. The first-order valence-corrected chi connectivity index (χ1v) is 13.5. The van der Waals surface area contributed by atoms with Gasteiger partial charge in [-0.2, -0.15) is 0 Å². The summed E-state index contributed by atoms with van der Waals surface area (Å²) in [4.78, 5) is 31.9. The molecule has 0 spiro atoms. The predicted molar refractivity (Wildman–Crippen MR) is 155 cm³/mol. The minimum absolute atomic E-state index is 0.0404. The number of carbonyl (C=O) groups excluding carboxylic acids is 2. The molecule has 1 aliphatic carbocycles. The van der Waals surface area contributed by atoms with Crippen LogP contribution in [-0.4, -0.2) is 23.8 Å². The van der Waals surface area contributed by atoms with Gasteiger partial charge in [0, 0.05) is 40.6 Å². The molecule has 7 nitrogen and oxygen atoms in total. The first-order valence-electron chi connectivity index (χ1n) is 13.5. The molecule has 1 atom stereocenters. The number of anilines is 1. The van der Waals surface area contributed by atoms with Crippen molar-refractivity contribution >= 4 is 17.5 Å². The zero-order valence-electron chi connectivity index (χ0n) is 23.6. The number of Topliss-reactive ketones (excluding diaryl/α,β-unsaturated/α-hetero) is 1. The molecule has 0 radical (unpaired) electrons. The highest BCUT2D eigenvalue weighted by molar-refractivity contribution is 6.09. The molecule has 2 aromatic carbocycles. The molecule has 7 heteroatoms. The van der Waals surface area contributed by atoms with E-state index in [0.717, 1.165) is 22.5 Å². The number of hydrogen-bond donors (Lipinski definition) is 2. The van der Waals surface area contributed by atoms with Gasteiger partial charge in [-0.25, -0.2) is 4.98 Å². The summed E-state index contributed by atoms with van der Waals surface area (Å²) in [6.07, 6.45) is 1.12. The second-order valence-corrected chi connectivity index (χ2v) is 11.2. The van der Waals surface area contributed by atoms with Crippen LogP contribution in [0, 0.1) is 12.3 Å². The van der Waals surface area contributed by atoms with Crippen LogP contribution in [-0.2, 0) is 16.2 Å². The highest BCUT2D eigenvalue weighted by Crippen LogP contribution is 2.48. The molecule has 40 heavy (non-hydrogen) atoms. The van der Waals surface area contributed by atoms with E-state index in [4.69, 9.17) is 9.47 Å². The number of methoxy groups -OCH3 is 1. The maximum atomic E-state index is 13.8. The lowest BCUT2D eigenvalue weighted by Gasteiger charge is -2.39. The van der Waals surface area contributed by atoms with Gasteiger partial charge in [0.1, 0.15) is 12.4 Å². The van der Waals surface area contributed by atoms with Crippen molar-refractivity contribution in [2.75, 3.05) is 12.4 Å². The van der Waals surface area contributed by atoms with Crippen molar-refractivity contribution in [2.45, 2.75) is 53.1 Å². The van der Waals surface area contributed by atoms with Crippen molar-refractivity contribution in [3.63, 3.8) is 0 Å². The molecule has 3 aromatic rings. The topological polar surface area (TPSA) is 89.5 Å². The van der Waals surface area contributed by atoms with Crippen molar-refractivity contribution < 1.29 is 19.1 Å². The number of rotatable bonds is 7. The van der Waals surface area contributed by atoms with E-state index < -0.39 is 5.92 Å². The van der Waals surface area contributed by atoms with Crippen LogP contribution in [0.15, 0.2) is 89.3 Å². The summed E-state index contributed by atoms with van der Waals surface area (Å²) < 4.78 is 11.8. The van der Waals surface area contributed by atoms with Gasteiger partial charge in [0.2, 0.25) is 0 Å². The molecule has 0 bridgehead atoms. The zero-order chi connectivity index (χ0) is 28.4. The van der Waals surface area contributed by atoms with Crippen LogP contribution >= 0.6 is 0 Å². The molecular formula is C33H35N3O4. The van der Waals surface area contributed by atoms with Crippen LogP contribution in [0.5, 0.6) is 11.5 Å². The predicted octanol–water partition coefficient (Wildman–Crippen LogP) is 6.22. The van der Waals surface area contributed by atoms with Crippen molar-refractivity contribution in [1.29, 1.82) is 0 Å². The first kappa shape index (κ1) is 27.2. The summed E-state index contributed by atoms with van der Waals surface area (Å²) in [5, 5.41) is 6.36. The molecule has 0 saturated carbocycles. The number of ether oxygens (including phenoxy) is 2. The fourth-order valence-electron chi connectivity index (χ4n) is 5.59. The Balaban J connectivity index is 1.55. The van der Waals surface area contributed by atoms with Crippen molar-refractivity contribution in [1.82, 2.24) is 10.3 Å². The number of aryl methyl sites for hydroxylation is 1. The normalized spacial score (nSPS) is 18.1. The molecule has 5 rings (SSSR count). The van der Waals surface area contributed by atoms with Gasteiger partial charge in [-0.1, -0.05) is 56.3 Å². The number of carbonyl (C=O) groups is 2. The SMILES string of the molecule is COc1cc(C2C(C(=O)Nc3cccc(C)n3)=C(C)NC3=C2C(=O)CC(C)(C)C3)ccc1OCc1ccccc1. The maximum absolute atomic E-state index is 13.8. The van der Waals surface area contributed by atoms with E-state index in [9.17, 15) is 9.59 Å². The van der Waals surface area contributed by atoms with E-state index in [1.807, 2.05) is 74.5 Å². The number of allylic oxidation sites excluding steroid dienone is 3. The quantitative estimate of drug-likeness (QED) is 0.372. The molecule has 0 saturated heterocycles. The lowest BCUT2D eigenvalue weighted by atomic mass is 9.68. The molecule has 1 aliphatic heterocycles. The van der Waals surface area contributed by atoms with E-state index in [0.29, 0.717) is 53.6 Å². The summed E-state index contributed by atoms with van der Waals surface area (Å²) in [7, 11) is 1.59. The molecule has 2 N–H and O–H groups in total. The minimum Gasteiger partial charge on any atom is -0.493 e. The highest BCUT2D eigenvalue weighted by atomic mass is 16.5. The third kappa shape index (κ3) is 5.64. The van der Waals surface area contributed by atoms with Gasteiger partial charge in [-0.15, -0.1) is 0 Å². The zero-order valence-corrected chi connectivity index (χ0v) is 23.6. The number of amides is 1. The number of pyridine rings is 1. The Hall–Kier alpha value is -4.39. The summed E-state index contributed by atoms with van der Waals surface area (Å²) in [5.74, 6) is 0.753. The van der Waals surface area contributed by atoms with Crippen LogP contribution < -0.4 is 20.1 Å².